The van der Waals surface area contributed by atoms with Crippen molar-refractivity contribution in [3.05, 3.63) is 29.8 Å². The molecule has 1 aliphatic heterocycles. The summed E-state index contributed by atoms with van der Waals surface area (Å²) in [5, 5.41) is 0. The van der Waals surface area contributed by atoms with Crippen molar-refractivity contribution in [1.82, 2.24) is 4.90 Å². The van der Waals surface area contributed by atoms with E-state index in [1.54, 1.807) is 7.11 Å². The Bertz CT molecular complexity index is 362. The van der Waals surface area contributed by atoms with E-state index in [0.29, 0.717) is 6.54 Å². The van der Waals surface area contributed by atoms with Crippen molar-refractivity contribution < 1.29 is 4.74 Å². The van der Waals surface area contributed by atoms with Crippen LogP contribution in [0, 0.1) is 0 Å². The summed E-state index contributed by atoms with van der Waals surface area (Å²) in [5.41, 5.74) is 8.33. The maximum Gasteiger partial charge on any atom is 0.0589 e. The summed E-state index contributed by atoms with van der Waals surface area (Å²) >= 11 is 0. The molecule has 0 bridgehead atoms. The predicted octanol–water partition coefficient (Wildman–Crippen LogP) is 0.914. The van der Waals surface area contributed by atoms with Crippen LogP contribution in [0.2, 0.25) is 0 Å². The molecule has 1 saturated heterocycles. The van der Waals surface area contributed by atoms with Crippen LogP contribution in [-0.2, 0) is 11.3 Å². The Labute approximate surface area is 109 Å². The summed E-state index contributed by atoms with van der Waals surface area (Å²) in [6.07, 6.45) is 0. The number of anilines is 1. The van der Waals surface area contributed by atoms with E-state index in [1.807, 2.05) is 0 Å². The Morgan fingerprint density at radius 2 is 1.89 bits per heavy atom. The molecular formula is C14H23N3O. The van der Waals surface area contributed by atoms with Gasteiger partial charge in [-0.25, -0.2) is 0 Å². The SMILES string of the molecule is COCCN1CCN(c2ccccc2CN)CC1. The predicted molar refractivity (Wildman–Crippen MR) is 74.9 cm³/mol. The number of benzene rings is 1. The second-order valence-electron chi connectivity index (χ2n) is 4.65. The molecule has 2 N–H and O–H groups in total. The van der Waals surface area contributed by atoms with Crippen molar-refractivity contribution in [1.29, 1.82) is 0 Å². The molecule has 0 unspecified atom stereocenters. The molecule has 4 nitrogen and oxygen atoms in total. The van der Waals surface area contributed by atoms with Gasteiger partial charge in [-0.1, -0.05) is 18.2 Å². The van der Waals surface area contributed by atoms with Crippen molar-refractivity contribution in [3.63, 3.8) is 0 Å². The summed E-state index contributed by atoms with van der Waals surface area (Å²) < 4.78 is 5.12. The average molecular weight is 249 g/mol. The van der Waals surface area contributed by atoms with Gasteiger partial charge in [0.2, 0.25) is 0 Å². The lowest BCUT2D eigenvalue weighted by molar-refractivity contribution is 0.144. The van der Waals surface area contributed by atoms with Gasteiger partial charge in [0.15, 0.2) is 0 Å². The van der Waals surface area contributed by atoms with Crippen LogP contribution in [0.1, 0.15) is 5.56 Å². The van der Waals surface area contributed by atoms with Gasteiger partial charge in [-0.2, -0.15) is 0 Å². The number of piperazine rings is 1. The van der Waals surface area contributed by atoms with Crippen LogP contribution < -0.4 is 10.6 Å². The maximum absolute atomic E-state index is 5.80. The van der Waals surface area contributed by atoms with Crippen molar-refractivity contribution in [2.75, 3.05) is 51.3 Å². The fourth-order valence-electron chi connectivity index (χ4n) is 2.42. The van der Waals surface area contributed by atoms with E-state index in [1.165, 1.54) is 11.3 Å². The third-order valence-corrected chi connectivity index (χ3v) is 3.54. The van der Waals surface area contributed by atoms with Gasteiger partial charge in [0.1, 0.15) is 0 Å². The van der Waals surface area contributed by atoms with Crippen LogP contribution in [-0.4, -0.2) is 51.3 Å². The van der Waals surface area contributed by atoms with E-state index < -0.39 is 0 Å². The lowest BCUT2D eigenvalue weighted by Crippen LogP contribution is -2.47. The molecule has 0 atom stereocenters. The summed E-state index contributed by atoms with van der Waals surface area (Å²) in [5.74, 6) is 0. The molecule has 100 valence electrons. The Morgan fingerprint density at radius 1 is 1.17 bits per heavy atom. The molecule has 0 saturated carbocycles. The molecule has 1 aliphatic rings. The molecule has 1 aromatic carbocycles. The molecule has 0 aliphatic carbocycles. The van der Waals surface area contributed by atoms with E-state index in [0.717, 1.165) is 39.3 Å². The third-order valence-electron chi connectivity index (χ3n) is 3.54. The zero-order chi connectivity index (χ0) is 12.8. The van der Waals surface area contributed by atoms with Crippen LogP contribution in [0.4, 0.5) is 5.69 Å². The topological polar surface area (TPSA) is 41.7 Å². The summed E-state index contributed by atoms with van der Waals surface area (Å²) in [6.45, 7) is 6.80. The highest BCUT2D eigenvalue weighted by Crippen LogP contribution is 2.21. The van der Waals surface area contributed by atoms with Crippen molar-refractivity contribution in [3.8, 4) is 0 Å². The second kappa shape index (κ2) is 6.73. The Hall–Kier alpha value is -1.10. The largest absolute Gasteiger partial charge is 0.383 e. The fourth-order valence-corrected chi connectivity index (χ4v) is 2.42. The number of nitrogens with two attached hydrogens (primary N) is 1. The Balaban J connectivity index is 1.92. The molecule has 0 radical (unpaired) electrons. The zero-order valence-electron chi connectivity index (χ0n) is 11.1. The van der Waals surface area contributed by atoms with E-state index in [4.69, 9.17) is 10.5 Å². The zero-order valence-corrected chi connectivity index (χ0v) is 11.1. The van der Waals surface area contributed by atoms with E-state index >= 15 is 0 Å². The highest BCUT2D eigenvalue weighted by Gasteiger charge is 2.18. The number of para-hydroxylation sites is 1. The summed E-state index contributed by atoms with van der Waals surface area (Å²) in [6, 6.07) is 8.44. The number of hydrogen-bond acceptors (Lipinski definition) is 4. The highest BCUT2D eigenvalue weighted by atomic mass is 16.5. The Kier molecular flexibility index (Phi) is 4.99. The molecular weight excluding hydrogens is 226 g/mol. The average Bonchev–Trinajstić information content (AvgIpc) is 2.45. The lowest BCUT2D eigenvalue weighted by Gasteiger charge is -2.36. The fraction of sp³-hybridized carbons (Fsp3) is 0.571. The van der Waals surface area contributed by atoms with E-state index in [-0.39, 0.29) is 0 Å². The molecule has 1 fully saturated rings. The number of methoxy groups -OCH3 is 1. The molecule has 2 rings (SSSR count). The van der Waals surface area contributed by atoms with Gasteiger partial charge >= 0.3 is 0 Å². The van der Waals surface area contributed by atoms with Gasteiger partial charge in [0, 0.05) is 52.1 Å². The van der Waals surface area contributed by atoms with E-state index in [2.05, 4.69) is 34.1 Å². The second-order valence-corrected chi connectivity index (χ2v) is 4.65. The molecule has 0 aromatic heterocycles. The van der Waals surface area contributed by atoms with Gasteiger partial charge in [0.25, 0.3) is 0 Å². The number of hydrogen-bond donors (Lipinski definition) is 1. The molecule has 1 aromatic rings. The van der Waals surface area contributed by atoms with Crippen LogP contribution in [0.25, 0.3) is 0 Å². The first-order valence-electron chi connectivity index (χ1n) is 6.59. The summed E-state index contributed by atoms with van der Waals surface area (Å²) in [4.78, 5) is 4.89. The van der Waals surface area contributed by atoms with Gasteiger partial charge in [-0.05, 0) is 11.6 Å². The molecule has 18 heavy (non-hydrogen) atoms. The first-order chi connectivity index (χ1) is 8.85. The smallest absolute Gasteiger partial charge is 0.0589 e. The first kappa shape index (κ1) is 13.3. The quantitative estimate of drug-likeness (QED) is 0.842. The molecule has 4 heteroatoms. The van der Waals surface area contributed by atoms with Crippen LogP contribution in [0.5, 0.6) is 0 Å². The summed E-state index contributed by atoms with van der Waals surface area (Å²) in [7, 11) is 1.76. The standard InChI is InChI=1S/C14H23N3O/c1-18-11-10-16-6-8-17(9-7-16)14-5-3-2-4-13(14)12-15/h2-5H,6-12,15H2,1H3. The minimum Gasteiger partial charge on any atom is -0.383 e. The molecule has 1 heterocycles. The molecule has 0 spiro atoms. The minimum atomic E-state index is 0.611. The maximum atomic E-state index is 5.80. The number of nitrogens with zero attached hydrogens (tertiary/aromatic N) is 2. The Morgan fingerprint density at radius 3 is 2.56 bits per heavy atom. The first-order valence-corrected chi connectivity index (χ1v) is 6.59. The van der Waals surface area contributed by atoms with Gasteiger partial charge in [0.05, 0.1) is 6.61 Å². The number of ether oxygens (including phenoxy) is 1. The van der Waals surface area contributed by atoms with Crippen molar-refractivity contribution in [2.45, 2.75) is 6.54 Å². The van der Waals surface area contributed by atoms with Crippen molar-refractivity contribution in [2.24, 2.45) is 5.73 Å². The minimum absolute atomic E-state index is 0.611. The van der Waals surface area contributed by atoms with Crippen LogP contribution >= 0.6 is 0 Å². The van der Waals surface area contributed by atoms with Crippen LogP contribution in [0.3, 0.4) is 0 Å². The molecule has 0 amide bonds. The normalized spacial score (nSPS) is 17.1. The van der Waals surface area contributed by atoms with Crippen molar-refractivity contribution >= 4 is 5.69 Å². The van der Waals surface area contributed by atoms with Crippen LogP contribution in [0.15, 0.2) is 24.3 Å². The highest BCUT2D eigenvalue weighted by molar-refractivity contribution is 5.53. The monoisotopic (exact) mass is 249 g/mol. The van der Waals surface area contributed by atoms with E-state index in [9.17, 15) is 0 Å². The van der Waals surface area contributed by atoms with Gasteiger partial charge in [-0.15, -0.1) is 0 Å². The lowest BCUT2D eigenvalue weighted by atomic mass is 10.1. The number of rotatable bonds is 5. The van der Waals surface area contributed by atoms with Gasteiger partial charge < -0.3 is 15.4 Å². The third kappa shape index (κ3) is 3.22. The van der Waals surface area contributed by atoms with Gasteiger partial charge in [-0.3, -0.25) is 4.90 Å².